The van der Waals surface area contributed by atoms with Crippen molar-refractivity contribution in [2.75, 3.05) is 5.75 Å². The molecule has 0 radical (unpaired) electrons. The van der Waals surface area contributed by atoms with Crippen molar-refractivity contribution >= 4 is 24.5 Å². The van der Waals surface area contributed by atoms with Crippen LogP contribution < -0.4 is 5.32 Å². The van der Waals surface area contributed by atoms with Crippen LogP contribution in [0.1, 0.15) is 90.4 Å². The fraction of sp³-hybridized carbons (Fsp3) is 0.800. The summed E-state index contributed by atoms with van der Waals surface area (Å²) in [6, 6.07) is -0.880. The molecule has 0 rings (SSSR count). The average molecular weight is 372 g/mol. The number of hydrogen-bond acceptors (Lipinski definition) is 3. The van der Waals surface area contributed by atoms with Crippen LogP contribution in [0.3, 0.4) is 0 Å². The summed E-state index contributed by atoms with van der Waals surface area (Å²) >= 11 is 3.93. The number of carboxylic acids is 1. The van der Waals surface area contributed by atoms with E-state index in [0.717, 1.165) is 25.7 Å². The van der Waals surface area contributed by atoms with Crippen LogP contribution in [0.2, 0.25) is 0 Å². The maximum atomic E-state index is 11.6. The summed E-state index contributed by atoms with van der Waals surface area (Å²) in [6.07, 6.45) is 19.5. The minimum Gasteiger partial charge on any atom is -0.480 e. The zero-order valence-corrected chi connectivity index (χ0v) is 16.7. The number of carboxylic acid groups (broad SMARTS) is 1. The zero-order valence-electron chi connectivity index (χ0n) is 15.8. The first-order chi connectivity index (χ1) is 12.1. The highest BCUT2D eigenvalue weighted by atomic mass is 32.1. The van der Waals surface area contributed by atoms with Crippen molar-refractivity contribution in [3.8, 4) is 0 Å². The fourth-order valence-electron chi connectivity index (χ4n) is 2.63. The molecule has 0 aromatic rings. The lowest BCUT2D eigenvalue weighted by atomic mass is 10.1. The maximum Gasteiger partial charge on any atom is 0.327 e. The Kier molecular flexibility index (Phi) is 17.1. The van der Waals surface area contributed by atoms with Crippen LogP contribution >= 0.6 is 12.6 Å². The quantitative estimate of drug-likeness (QED) is 0.189. The summed E-state index contributed by atoms with van der Waals surface area (Å²) in [5.41, 5.74) is 0. The van der Waals surface area contributed by atoms with E-state index in [-0.39, 0.29) is 11.7 Å². The van der Waals surface area contributed by atoms with Gasteiger partial charge in [0.25, 0.3) is 0 Å². The summed E-state index contributed by atoms with van der Waals surface area (Å²) in [6.45, 7) is 2.24. The second kappa shape index (κ2) is 17.8. The van der Waals surface area contributed by atoms with Crippen LogP contribution in [0.4, 0.5) is 0 Å². The molecular weight excluding hydrogens is 334 g/mol. The lowest BCUT2D eigenvalue weighted by Gasteiger charge is -2.11. The Morgan fingerprint density at radius 1 is 0.920 bits per heavy atom. The molecule has 25 heavy (non-hydrogen) atoms. The first-order valence-corrected chi connectivity index (χ1v) is 10.5. The van der Waals surface area contributed by atoms with Gasteiger partial charge in [-0.25, -0.2) is 4.79 Å². The van der Waals surface area contributed by atoms with Gasteiger partial charge in [-0.05, 0) is 32.1 Å². The van der Waals surface area contributed by atoms with Crippen molar-refractivity contribution in [3.05, 3.63) is 12.2 Å². The van der Waals surface area contributed by atoms with Crippen molar-refractivity contribution in [2.45, 2.75) is 96.4 Å². The van der Waals surface area contributed by atoms with Crippen molar-refractivity contribution in [1.82, 2.24) is 5.32 Å². The third-order valence-electron chi connectivity index (χ3n) is 4.23. The van der Waals surface area contributed by atoms with Gasteiger partial charge in [0, 0.05) is 12.2 Å². The van der Waals surface area contributed by atoms with Crippen LogP contribution in [-0.2, 0) is 9.59 Å². The molecule has 4 nitrogen and oxygen atoms in total. The molecule has 1 amide bonds. The number of aliphatic carboxylic acids is 1. The van der Waals surface area contributed by atoms with Gasteiger partial charge in [-0.3, -0.25) is 4.79 Å². The molecule has 0 aromatic heterocycles. The van der Waals surface area contributed by atoms with Gasteiger partial charge < -0.3 is 10.4 Å². The van der Waals surface area contributed by atoms with E-state index in [0.29, 0.717) is 6.42 Å². The van der Waals surface area contributed by atoms with Crippen molar-refractivity contribution in [1.29, 1.82) is 0 Å². The van der Waals surface area contributed by atoms with E-state index in [1.165, 1.54) is 51.4 Å². The standard InChI is InChI=1S/C20H37NO3S/c1-2-3-4-5-6-7-8-9-10-11-12-13-14-15-16-19(22)21-18(17-25)20(23)24/h8-9,18,25H,2-7,10-17H2,1H3,(H,21,22)(H,23,24)/b9-8-/t18-/m0/s1. The maximum absolute atomic E-state index is 11.6. The molecular formula is C20H37NO3S. The van der Waals surface area contributed by atoms with Gasteiger partial charge in [0.1, 0.15) is 6.04 Å². The van der Waals surface area contributed by atoms with Crippen molar-refractivity contribution in [3.63, 3.8) is 0 Å². The zero-order chi connectivity index (χ0) is 18.8. The molecule has 0 unspecified atom stereocenters. The number of carbonyl (C=O) groups excluding carboxylic acids is 1. The minimum absolute atomic E-state index is 0.118. The molecule has 2 N–H and O–H groups in total. The number of unbranched alkanes of at least 4 members (excludes halogenated alkanes) is 10. The molecule has 0 aliphatic heterocycles. The number of thiol groups is 1. The number of carbonyl (C=O) groups is 2. The van der Waals surface area contributed by atoms with E-state index in [4.69, 9.17) is 5.11 Å². The lowest BCUT2D eigenvalue weighted by Crippen LogP contribution is -2.42. The molecule has 0 heterocycles. The van der Waals surface area contributed by atoms with Gasteiger partial charge in [-0.1, -0.05) is 64.0 Å². The van der Waals surface area contributed by atoms with E-state index in [2.05, 4.69) is 37.0 Å². The summed E-state index contributed by atoms with van der Waals surface area (Å²) in [5, 5.41) is 11.3. The van der Waals surface area contributed by atoms with Gasteiger partial charge in [-0.2, -0.15) is 12.6 Å². The molecule has 0 bridgehead atoms. The van der Waals surface area contributed by atoms with Crippen LogP contribution in [-0.4, -0.2) is 28.8 Å². The molecule has 5 heteroatoms. The van der Waals surface area contributed by atoms with E-state index in [9.17, 15) is 9.59 Å². The number of allylic oxidation sites excluding steroid dienone is 2. The second-order valence-electron chi connectivity index (χ2n) is 6.62. The van der Waals surface area contributed by atoms with E-state index in [1.807, 2.05) is 0 Å². The largest absolute Gasteiger partial charge is 0.480 e. The molecule has 0 fully saturated rings. The predicted molar refractivity (Wildman–Crippen MR) is 108 cm³/mol. The second-order valence-corrected chi connectivity index (χ2v) is 6.99. The van der Waals surface area contributed by atoms with E-state index in [1.54, 1.807) is 0 Å². The van der Waals surface area contributed by atoms with E-state index < -0.39 is 12.0 Å². The van der Waals surface area contributed by atoms with Gasteiger partial charge in [0.05, 0.1) is 0 Å². The highest BCUT2D eigenvalue weighted by Crippen LogP contribution is 2.09. The first-order valence-electron chi connectivity index (χ1n) is 9.89. The molecule has 0 spiro atoms. The fourth-order valence-corrected chi connectivity index (χ4v) is 2.88. The Balaban J connectivity index is 3.38. The molecule has 146 valence electrons. The van der Waals surface area contributed by atoms with Gasteiger partial charge in [-0.15, -0.1) is 0 Å². The topological polar surface area (TPSA) is 66.4 Å². The Hall–Kier alpha value is -0.970. The van der Waals surface area contributed by atoms with Crippen LogP contribution in [0.25, 0.3) is 0 Å². The summed E-state index contributed by atoms with van der Waals surface area (Å²) < 4.78 is 0. The summed E-state index contributed by atoms with van der Waals surface area (Å²) in [7, 11) is 0. The molecule has 0 aromatic carbocycles. The van der Waals surface area contributed by atoms with Crippen molar-refractivity contribution < 1.29 is 14.7 Å². The summed E-state index contributed by atoms with van der Waals surface area (Å²) in [5.74, 6) is -1.10. The normalized spacial score (nSPS) is 12.4. The summed E-state index contributed by atoms with van der Waals surface area (Å²) in [4.78, 5) is 22.4. The first kappa shape index (κ1) is 24.0. The van der Waals surface area contributed by atoms with Crippen LogP contribution in [0.15, 0.2) is 12.2 Å². The van der Waals surface area contributed by atoms with Gasteiger partial charge >= 0.3 is 5.97 Å². The Morgan fingerprint density at radius 2 is 1.44 bits per heavy atom. The smallest absolute Gasteiger partial charge is 0.327 e. The van der Waals surface area contributed by atoms with Crippen LogP contribution in [0, 0.1) is 0 Å². The third kappa shape index (κ3) is 16.3. The Labute approximate surface area is 159 Å². The number of hydrogen-bond donors (Lipinski definition) is 3. The lowest BCUT2D eigenvalue weighted by molar-refractivity contribution is -0.141. The third-order valence-corrected chi connectivity index (χ3v) is 4.60. The number of amides is 1. The molecule has 0 aliphatic carbocycles. The molecule has 0 saturated heterocycles. The SMILES string of the molecule is CCCCCCC/C=C\CCCCCCCC(=O)N[C@@H](CS)C(=O)O. The highest BCUT2D eigenvalue weighted by Gasteiger charge is 2.17. The van der Waals surface area contributed by atoms with Crippen LogP contribution in [0.5, 0.6) is 0 Å². The monoisotopic (exact) mass is 371 g/mol. The number of rotatable bonds is 17. The molecule has 0 aliphatic rings. The Morgan fingerprint density at radius 3 is 1.96 bits per heavy atom. The predicted octanol–water partition coefficient (Wildman–Crippen LogP) is 5.13. The highest BCUT2D eigenvalue weighted by molar-refractivity contribution is 7.80. The number of nitrogens with one attached hydrogen (secondary N) is 1. The average Bonchev–Trinajstić information content (AvgIpc) is 2.59. The van der Waals surface area contributed by atoms with Gasteiger partial charge in [0.15, 0.2) is 0 Å². The molecule has 0 saturated carbocycles. The van der Waals surface area contributed by atoms with E-state index >= 15 is 0 Å². The Bertz CT molecular complexity index is 372. The van der Waals surface area contributed by atoms with Crippen molar-refractivity contribution in [2.24, 2.45) is 0 Å². The molecule has 1 atom stereocenters. The minimum atomic E-state index is -1.03. The van der Waals surface area contributed by atoms with Gasteiger partial charge in [0.2, 0.25) is 5.91 Å².